The number of aryl methyl sites for hydroxylation is 2. The van der Waals surface area contributed by atoms with Crippen molar-refractivity contribution < 1.29 is 22.5 Å². The van der Waals surface area contributed by atoms with E-state index in [0.29, 0.717) is 24.1 Å². The molecule has 6 nitrogen and oxygen atoms in total. The number of ether oxygens (including phenoxy) is 1. The molecule has 7 heteroatoms. The van der Waals surface area contributed by atoms with Crippen LogP contribution in [0, 0.1) is 13.8 Å². The number of rotatable bonds is 5. The Kier molecular flexibility index (Phi) is 4.69. The van der Waals surface area contributed by atoms with Crippen molar-refractivity contribution in [2.45, 2.75) is 31.6 Å². The highest BCUT2D eigenvalue weighted by atomic mass is 32.2. The van der Waals surface area contributed by atoms with Gasteiger partial charge in [-0.25, -0.2) is 0 Å². The largest absolute Gasteiger partial charge is 0.426 e. The number of benzene rings is 4. The van der Waals surface area contributed by atoms with Gasteiger partial charge in [-0.2, -0.15) is 8.42 Å². The zero-order valence-electron chi connectivity index (χ0n) is 16.2. The third-order valence-electron chi connectivity index (χ3n) is 5.32. The summed E-state index contributed by atoms with van der Waals surface area (Å²) < 4.78 is 39.3. The van der Waals surface area contributed by atoms with E-state index < -0.39 is 10.1 Å². The second-order valence-electron chi connectivity index (χ2n) is 7.30. The molecule has 0 fully saturated rings. The lowest BCUT2D eigenvalue weighted by Crippen LogP contribution is -2.11. The van der Waals surface area contributed by atoms with Gasteiger partial charge in [-0.3, -0.25) is 9.35 Å². The number of hydrogen-bond acceptors (Lipinski definition) is 5. The lowest BCUT2D eigenvalue weighted by atomic mass is 9.90. The van der Waals surface area contributed by atoms with Crippen LogP contribution in [-0.2, 0) is 14.9 Å². The molecule has 4 aromatic carbocycles. The summed E-state index contributed by atoms with van der Waals surface area (Å²) in [5.74, 6) is 0.0704. The number of esters is 1. The maximum Gasteiger partial charge on any atom is 0.311 e. The molecule has 0 saturated heterocycles. The van der Waals surface area contributed by atoms with Crippen LogP contribution in [0.5, 0.6) is 5.75 Å². The highest BCUT2D eigenvalue weighted by Gasteiger charge is 2.22. The monoisotopic (exact) mass is 411 g/mol. The number of hydrogen-bond donors (Lipinski definition) is 2. The highest BCUT2D eigenvalue weighted by Crippen LogP contribution is 2.43. The summed E-state index contributed by atoms with van der Waals surface area (Å²) in [7, 11) is -4.40. The van der Waals surface area contributed by atoms with Crippen LogP contribution < -0.4 is 10.5 Å². The van der Waals surface area contributed by atoms with Gasteiger partial charge in [-0.15, -0.1) is 0 Å². The topological polar surface area (TPSA) is 107 Å². The molecule has 0 saturated carbocycles. The van der Waals surface area contributed by atoms with Gasteiger partial charge < -0.3 is 10.5 Å². The van der Waals surface area contributed by atoms with Gasteiger partial charge in [0.05, 0.1) is 0 Å². The molecular formula is C22H21NO5S. The van der Waals surface area contributed by atoms with Crippen LogP contribution in [0.1, 0.15) is 24.0 Å². The minimum Gasteiger partial charge on any atom is -0.426 e. The number of carbonyl (C=O) groups is 1. The molecule has 4 aromatic rings. The normalized spacial score (nSPS) is 12.3. The smallest absolute Gasteiger partial charge is 0.311 e. The molecular weight excluding hydrogens is 390 g/mol. The first kappa shape index (κ1) is 19.6. The Labute approximate surface area is 168 Å². The molecule has 0 aliphatic heterocycles. The first-order chi connectivity index (χ1) is 13.7. The standard InChI is InChI=1S/C22H21NO5S/c1-12-10-18(28-20(24)4-3-9-23)16-7-8-17-19(29(25,26)27)11-13(2)15-6-5-14(12)21(16)22(15)17/h5-8,10-11H,3-4,9,23H2,1-2H3,(H,25,26,27). The summed E-state index contributed by atoms with van der Waals surface area (Å²) in [5, 5.41) is 4.53. The molecule has 0 heterocycles. The molecule has 150 valence electrons. The molecule has 0 aliphatic carbocycles. The van der Waals surface area contributed by atoms with Crippen molar-refractivity contribution in [1.82, 2.24) is 0 Å². The average molecular weight is 411 g/mol. The number of carbonyl (C=O) groups excluding carboxylic acids is 1. The van der Waals surface area contributed by atoms with Gasteiger partial charge in [-0.1, -0.05) is 18.2 Å². The van der Waals surface area contributed by atoms with Crippen molar-refractivity contribution in [2.75, 3.05) is 6.54 Å². The summed E-state index contributed by atoms with van der Waals surface area (Å²) in [4.78, 5) is 12.1. The molecule has 0 amide bonds. The summed E-state index contributed by atoms with van der Waals surface area (Å²) in [6.07, 6.45) is 0.768. The molecule has 0 aliphatic rings. The lowest BCUT2D eigenvalue weighted by molar-refractivity contribution is -0.134. The zero-order valence-corrected chi connectivity index (χ0v) is 17.0. The van der Waals surface area contributed by atoms with Crippen LogP contribution in [0.15, 0.2) is 41.3 Å². The molecule has 0 aromatic heterocycles. The van der Waals surface area contributed by atoms with E-state index in [-0.39, 0.29) is 17.3 Å². The van der Waals surface area contributed by atoms with Gasteiger partial charge in [0.1, 0.15) is 10.6 Å². The van der Waals surface area contributed by atoms with E-state index in [2.05, 4.69) is 0 Å². The predicted molar refractivity (Wildman–Crippen MR) is 113 cm³/mol. The van der Waals surface area contributed by atoms with Crippen molar-refractivity contribution in [1.29, 1.82) is 0 Å². The van der Waals surface area contributed by atoms with E-state index in [4.69, 9.17) is 10.5 Å². The minimum atomic E-state index is -4.40. The van der Waals surface area contributed by atoms with E-state index in [1.54, 1.807) is 19.1 Å². The third-order valence-corrected chi connectivity index (χ3v) is 6.22. The molecule has 0 unspecified atom stereocenters. The Morgan fingerprint density at radius 1 is 0.966 bits per heavy atom. The predicted octanol–water partition coefficient (Wildman–Crippen LogP) is 4.09. The maximum absolute atomic E-state index is 12.2. The van der Waals surface area contributed by atoms with Gasteiger partial charge in [-0.05, 0) is 72.3 Å². The van der Waals surface area contributed by atoms with E-state index in [0.717, 1.165) is 38.1 Å². The highest BCUT2D eigenvalue weighted by molar-refractivity contribution is 7.86. The Balaban J connectivity index is 2.09. The van der Waals surface area contributed by atoms with Crippen molar-refractivity contribution in [3.05, 3.63) is 47.5 Å². The Bertz CT molecular complexity index is 1380. The first-order valence-corrected chi connectivity index (χ1v) is 10.8. The average Bonchev–Trinajstić information content (AvgIpc) is 2.66. The van der Waals surface area contributed by atoms with E-state index in [9.17, 15) is 17.8 Å². The second-order valence-corrected chi connectivity index (χ2v) is 8.69. The van der Waals surface area contributed by atoms with Gasteiger partial charge in [0.15, 0.2) is 0 Å². The SMILES string of the molecule is Cc1cc(OC(=O)CCCN)c2ccc3c(S(=O)(=O)O)cc(C)c4ccc1c2c43. The molecule has 0 bridgehead atoms. The van der Waals surface area contributed by atoms with Crippen LogP contribution in [0.3, 0.4) is 0 Å². The summed E-state index contributed by atoms with van der Waals surface area (Å²) in [6, 6.07) is 10.6. The van der Waals surface area contributed by atoms with Gasteiger partial charge >= 0.3 is 5.97 Å². The number of nitrogens with two attached hydrogens (primary N) is 1. The van der Waals surface area contributed by atoms with Gasteiger partial charge in [0.2, 0.25) is 0 Å². The fraction of sp³-hybridized carbons (Fsp3) is 0.227. The summed E-state index contributed by atoms with van der Waals surface area (Å²) in [5.41, 5.74) is 7.11. The zero-order chi connectivity index (χ0) is 20.9. The van der Waals surface area contributed by atoms with E-state index in [1.807, 2.05) is 25.1 Å². The van der Waals surface area contributed by atoms with Gasteiger partial charge in [0, 0.05) is 22.6 Å². The van der Waals surface area contributed by atoms with Crippen LogP contribution in [-0.4, -0.2) is 25.5 Å². The van der Waals surface area contributed by atoms with Crippen LogP contribution in [0.25, 0.3) is 32.3 Å². The van der Waals surface area contributed by atoms with Crippen molar-refractivity contribution in [3.63, 3.8) is 0 Å². The molecule has 3 N–H and O–H groups in total. The summed E-state index contributed by atoms with van der Waals surface area (Å²) in [6.45, 7) is 4.13. The van der Waals surface area contributed by atoms with Crippen molar-refractivity contribution in [2.24, 2.45) is 5.73 Å². The van der Waals surface area contributed by atoms with Crippen molar-refractivity contribution >= 4 is 48.4 Å². The fourth-order valence-electron chi connectivity index (χ4n) is 3.99. The second kappa shape index (κ2) is 6.95. The molecule has 29 heavy (non-hydrogen) atoms. The van der Waals surface area contributed by atoms with Crippen LogP contribution in [0.2, 0.25) is 0 Å². The molecule has 0 atom stereocenters. The molecule has 4 rings (SSSR count). The Morgan fingerprint density at radius 2 is 1.52 bits per heavy atom. The van der Waals surface area contributed by atoms with E-state index >= 15 is 0 Å². The molecule has 0 radical (unpaired) electrons. The maximum atomic E-state index is 12.2. The first-order valence-electron chi connectivity index (χ1n) is 9.32. The van der Waals surface area contributed by atoms with E-state index in [1.165, 1.54) is 6.07 Å². The van der Waals surface area contributed by atoms with Crippen molar-refractivity contribution in [3.8, 4) is 5.75 Å². The Morgan fingerprint density at radius 3 is 2.14 bits per heavy atom. The fourth-order valence-corrected chi connectivity index (χ4v) is 4.76. The Hall–Kier alpha value is -2.74. The summed E-state index contributed by atoms with van der Waals surface area (Å²) >= 11 is 0. The van der Waals surface area contributed by atoms with Crippen LogP contribution in [0.4, 0.5) is 0 Å². The van der Waals surface area contributed by atoms with Gasteiger partial charge in [0.25, 0.3) is 10.1 Å². The molecule has 0 spiro atoms. The third kappa shape index (κ3) is 3.21. The van der Waals surface area contributed by atoms with Crippen LogP contribution >= 0.6 is 0 Å². The quantitative estimate of drug-likeness (QED) is 0.222. The lowest BCUT2D eigenvalue weighted by Gasteiger charge is -2.18. The minimum absolute atomic E-state index is 0.125.